The molecular weight excluding hydrogens is 260 g/mol. The Morgan fingerprint density at radius 1 is 1.30 bits per heavy atom. The van der Waals surface area contributed by atoms with E-state index in [1.165, 1.54) is 0 Å². The van der Waals surface area contributed by atoms with Crippen LogP contribution >= 0.6 is 0 Å². The third-order valence-corrected chi connectivity index (χ3v) is 4.99. The second kappa shape index (κ2) is 5.24. The van der Waals surface area contributed by atoms with Crippen LogP contribution in [0.2, 0.25) is 0 Å². The highest BCUT2D eigenvalue weighted by atomic mass is 16.5. The van der Waals surface area contributed by atoms with Gasteiger partial charge >= 0.3 is 12.0 Å². The fourth-order valence-electron chi connectivity index (χ4n) is 3.69. The number of carbonyl (C=O) groups excluding carboxylic acids is 1. The van der Waals surface area contributed by atoms with E-state index in [9.17, 15) is 9.59 Å². The first-order valence-corrected chi connectivity index (χ1v) is 7.48. The minimum absolute atomic E-state index is 0.116. The number of ether oxygens (including phenoxy) is 1. The van der Waals surface area contributed by atoms with Gasteiger partial charge in [-0.2, -0.15) is 0 Å². The van der Waals surface area contributed by atoms with Crippen LogP contribution in [0.1, 0.15) is 44.9 Å². The van der Waals surface area contributed by atoms with E-state index in [0.717, 1.165) is 38.5 Å². The van der Waals surface area contributed by atoms with Crippen molar-refractivity contribution in [3.63, 3.8) is 0 Å². The van der Waals surface area contributed by atoms with Gasteiger partial charge in [0.05, 0.1) is 24.7 Å². The Kier molecular flexibility index (Phi) is 3.58. The molecule has 3 N–H and O–H groups in total. The van der Waals surface area contributed by atoms with Gasteiger partial charge in [-0.05, 0) is 37.5 Å². The van der Waals surface area contributed by atoms with Crippen LogP contribution in [0.25, 0.3) is 0 Å². The average molecular weight is 282 g/mol. The first-order valence-electron chi connectivity index (χ1n) is 7.48. The fraction of sp³-hybridized carbons (Fsp3) is 0.857. The van der Waals surface area contributed by atoms with Crippen molar-refractivity contribution in [2.45, 2.75) is 63.2 Å². The van der Waals surface area contributed by atoms with Crippen molar-refractivity contribution in [3.05, 3.63) is 0 Å². The van der Waals surface area contributed by atoms with Crippen molar-refractivity contribution in [1.29, 1.82) is 0 Å². The lowest BCUT2D eigenvalue weighted by atomic mass is 9.66. The predicted octanol–water partition coefficient (Wildman–Crippen LogP) is 1.25. The SMILES string of the molecule is O=C(O)CC1(CNC(=O)NC2CC3CCC2O3)CCC1. The van der Waals surface area contributed by atoms with E-state index in [1.807, 2.05) is 0 Å². The second-order valence-electron chi connectivity index (χ2n) is 6.47. The fourth-order valence-corrected chi connectivity index (χ4v) is 3.69. The first kappa shape index (κ1) is 13.7. The molecule has 3 fully saturated rings. The van der Waals surface area contributed by atoms with Crippen molar-refractivity contribution in [2.24, 2.45) is 5.41 Å². The normalized spacial score (nSPS) is 33.5. The summed E-state index contributed by atoms with van der Waals surface area (Å²) in [5, 5.41) is 14.7. The van der Waals surface area contributed by atoms with Crippen LogP contribution in [0.5, 0.6) is 0 Å². The van der Waals surface area contributed by atoms with Crippen LogP contribution in [0.3, 0.4) is 0 Å². The molecule has 2 amide bonds. The van der Waals surface area contributed by atoms with Gasteiger partial charge in [0.25, 0.3) is 0 Å². The van der Waals surface area contributed by atoms with Gasteiger partial charge in [0.2, 0.25) is 0 Å². The molecule has 0 aromatic heterocycles. The monoisotopic (exact) mass is 282 g/mol. The molecule has 3 atom stereocenters. The molecule has 6 nitrogen and oxygen atoms in total. The molecule has 1 aliphatic carbocycles. The van der Waals surface area contributed by atoms with Crippen molar-refractivity contribution in [1.82, 2.24) is 10.6 Å². The summed E-state index contributed by atoms with van der Waals surface area (Å²) in [6.07, 6.45) is 6.48. The number of rotatable bonds is 5. The molecule has 0 spiro atoms. The van der Waals surface area contributed by atoms with E-state index < -0.39 is 5.97 Å². The Hall–Kier alpha value is -1.30. The zero-order valence-electron chi connectivity index (χ0n) is 11.6. The highest BCUT2D eigenvalue weighted by Crippen LogP contribution is 2.43. The van der Waals surface area contributed by atoms with E-state index in [2.05, 4.69) is 10.6 Å². The van der Waals surface area contributed by atoms with Gasteiger partial charge in [-0.25, -0.2) is 4.79 Å². The molecule has 2 aliphatic heterocycles. The molecule has 0 aromatic rings. The second-order valence-corrected chi connectivity index (χ2v) is 6.47. The zero-order chi connectivity index (χ0) is 14.2. The topological polar surface area (TPSA) is 87.7 Å². The summed E-state index contributed by atoms with van der Waals surface area (Å²) in [7, 11) is 0. The van der Waals surface area contributed by atoms with Crippen molar-refractivity contribution in [2.75, 3.05) is 6.54 Å². The van der Waals surface area contributed by atoms with Crippen molar-refractivity contribution >= 4 is 12.0 Å². The number of carboxylic acid groups (broad SMARTS) is 1. The van der Waals surface area contributed by atoms with Crippen molar-refractivity contribution < 1.29 is 19.4 Å². The Morgan fingerprint density at radius 2 is 2.10 bits per heavy atom. The summed E-state index contributed by atoms with van der Waals surface area (Å²) in [5.41, 5.74) is -0.228. The first-order chi connectivity index (χ1) is 9.56. The van der Waals surface area contributed by atoms with Crippen LogP contribution in [-0.4, -0.2) is 41.9 Å². The van der Waals surface area contributed by atoms with Gasteiger partial charge in [-0.3, -0.25) is 4.79 Å². The summed E-state index contributed by atoms with van der Waals surface area (Å²) in [4.78, 5) is 22.8. The maximum Gasteiger partial charge on any atom is 0.315 e. The quantitative estimate of drug-likeness (QED) is 0.708. The number of fused-ring (bicyclic) bond motifs is 2. The van der Waals surface area contributed by atoms with Crippen LogP contribution in [0.4, 0.5) is 4.79 Å². The van der Waals surface area contributed by atoms with Crippen LogP contribution in [-0.2, 0) is 9.53 Å². The lowest BCUT2D eigenvalue weighted by molar-refractivity contribution is -0.141. The summed E-state index contributed by atoms with van der Waals surface area (Å²) in [6, 6.07) is -0.0756. The van der Waals surface area contributed by atoms with E-state index in [-0.39, 0.29) is 30.0 Å². The number of hydrogen-bond acceptors (Lipinski definition) is 3. The molecule has 2 heterocycles. The molecule has 2 bridgehead atoms. The Labute approximate surface area is 118 Å². The molecule has 2 saturated heterocycles. The highest BCUT2D eigenvalue weighted by Gasteiger charge is 2.42. The summed E-state index contributed by atoms with van der Waals surface area (Å²) < 4.78 is 5.70. The molecule has 3 aliphatic rings. The molecule has 0 radical (unpaired) electrons. The number of nitrogens with one attached hydrogen (secondary N) is 2. The van der Waals surface area contributed by atoms with Crippen LogP contribution in [0.15, 0.2) is 0 Å². The van der Waals surface area contributed by atoms with E-state index in [1.54, 1.807) is 0 Å². The molecule has 6 heteroatoms. The van der Waals surface area contributed by atoms with E-state index in [0.29, 0.717) is 12.6 Å². The number of aliphatic carboxylic acids is 1. The molecule has 3 unspecified atom stereocenters. The molecule has 1 saturated carbocycles. The molecular formula is C14H22N2O4. The Balaban J connectivity index is 1.44. The summed E-state index contributed by atoms with van der Waals surface area (Å²) in [5.74, 6) is -0.784. The molecule has 20 heavy (non-hydrogen) atoms. The van der Waals surface area contributed by atoms with E-state index >= 15 is 0 Å². The highest BCUT2D eigenvalue weighted by molar-refractivity contribution is 5.74. The molecule has 112 valence electrons. The third-order valence-electron chi connectivity index (χ3n) is 4.99. The number of urea groups is 1. The van der Waals surface area contributed by atoms with Crippen molar-refractivity contribution in [3.8, 4) is 0 Å². The Morgan fingerprint density at radius 3 is 2.60 bits per heavy atom. The number of carboxylic acids is 1. The van der Waals surface area contributed by atoms with Gasteiger partial charge in [-0.1, -0.05) is 6.42 Å². The minimum atomic E-state index is -0.784. The average Bonchev–Trinajstić information content (AvgIpc) is 2.94. The molecule has 3 rings (SSSR count). The van der Waals surface area contributed by atoms with Gasteiger partial charge in [0.1, 0.15) is 0 Å². The number of carbonyl (C=O) groups is 2. The standard InChI is InChI=1S/C14H22N2O4/c17-12(18)7-14(4-1-5-14)8-15-13(19)16-10-6-9-2-3-11(10)20-9/h9-11H,1-8H2,(H,17,18)(H2,15,16,19). The lowest BCUT2D eigenvalue weighted by Crippen LogP contribution is -2.50. The maximum absolute atomic E-state index is 11.9. The number of amides is 2. The minimum Gasteiger partial charge on any atom is -0.481 e. The van der Waals surface area contributed by atoms with Crippen LogP contribution < -0.4 is 10.6 Å². The van der Waals surface area contributed by atoms with Gasteiger partial charge in [-0.15, -0.1) is 0 Å². The molecule has 0 aromatic carbocycles. The maximum atomic E-state index is 11.9. The summed E-state index contributed by atoms with van der Waals surface area (Å²) >= 11 is 0. The van der Waals surface area contributed by atoms with E-state index in [4.69, 9.17) is 9.84 Å². The van der Waals surface area contributed by atoms with Gasteiger partial charge in [0.15, 0.2) is 0 Å². The predicted molar refractivity (Wildman–Crippen MR) is 71.4 cm³/mol. The van der Waals surface area contributed by atoms with Crippen LogP contribution in [0, 0.1) is 5.41 Å². The number of hydrogen-bond donors (Lipinski definition) is 3. The lowest BCUT2D eigenvalue weighted by Gasteiger charge is -2.40. The summed E-state index contributed by atoms with van der Waals surface area (Å²) in [6.45, 7) is 0.451. The van der Waals surface area contributed by atoms with Gasteiger partial charge in [0, 0.05) is 6.54 Å². The zero-order valence-corrected chi connectivity index (χ0v) is 11.6. The smallest absolute Gasteiger partial charge is 0.315 e. The van der Waals surface area contributed by atoms with Gasteiger partial charge < -0.3 is 20.5 Å². The third kappa shape index (κ3) is 2.75. The largest absolute Gasteiger partial charge is 0.481 e. The Bertz CT molecular complexity index is 408.